The molecule has 4 aliphatic carbocycles. The van der Waals surface area contributed by atoms with Gasteiger partial charge in [-0.3, -0.25) is 0 Å². The molecule has 1 saturated heterocycles. The van der Waals surface area contributed by atoms with Gasteiger partial charge in [0.15, 0.2) is 6.29 Å². The number of aliphatic hydroxyl groups is 6. The molecule has 1 aliphatic heterocycles. The van der Waals surface area contributed by atoms with Crippen LogP contribution in [0.15, 0.2) is 23.3 Å². The van der Waals surface area contributed by atoms with E-state index in [2.05, 4.69) is 41.2 Å². The Bertz CT molecular complexity index is 1140. The monoisotopic (exact) mass is 634 g/mol. The largest absolute Gasteiger partial charge is 0.396 e. The number of hydrogen-bond donors (Lipinski definition) is 6. The molecule has 3 fully saturated rings. The molecular formula is C37H62O8. The molecule has 45 heavy (non-hydrogen) atoms. The normalized spacial score (nSPS) is 47.6. The molecule has 13 unspecified atom stereocenters. The van der Waals surface area contributed by atoms with Gasteiger partial charge >= 0.3 is 0 Å². The number of fused-ring (bicyclic) bond motifs is 4. The highest BCUT2D eigenvalue weighted by atomic mass is 16.7. The lowest BCUT2D eigenvalue weighted by atomic mass is 9.43. The number of allylic oxidation sites excluding steroid dienone is 2. The minimum atomic E-state index is -1.49. The van der Waals surface area contributed by atoms with E-state index in [0.29, 0.717) is 18.3 Å². The molecule has 0 amide bonds. The molecule has 6 N–H and O–H groups in total. The molecule has 0 bridgehead atoms. The van der Waals surface area contributed by atoms with Crippen LogP contribution in [0.25, 0.3) is 0 Å². The standard InChI is InChI=1S/C37H62O8/c1-21(9-10-22(2)33(3,4)43)23-13-17-37(8)25-11-12-27-34(5,24(25)14-18-36(23,37)7)16-15-28(35(27,6)20-39)45-32-31(42)30(41)29(40)26(19-38)44-32/h21,23,26-32,38-43H,2,9-20H2,1,3-8H3. The molecule has 8 heteroatoms. The number of hydrogen-bond acceptors (Lipinski definition) is 8. The van der Waals surface area contributed by atoms with Crippen LogP contribution < -0.4 is 0 Å². The van der Waals surface area contributed by atoms with Crippen LogP contribution in [-0.4, -0.2) is 86.3 Å². The summed E-state index contributed by atoms with van der Waals surface area (Å²) < 4.78 is 12.1. The lowest BCUT2D eigenvalue weighted by Gasteiger charge is -2.63. The summed E-state index contributed by atoms with van der Waals surface area (Å²) >= 11 is 0. The maximum absolute atomic E-state index is 11.0. The Labute approximate surface area is 270 Å². The zero-order valence-electron chi connectivity index (χ0n) is 28.9. The van der Waals surface area contributed by atoms with E-state index in [1.165, 1.54) is 12.8 Å². The smallest absolute Gasteiger partial charge is 0.186 e. The molecule has 0 spiro atoms. The first-order valence-corrected chi connectivity index (χ1v) is 17.6. The molecule has 2 saturated carbocycles. The van der Waals surface area contributed by atoms with Crippen molar-refractivity contribution < 1.29 is 40.1 Å². The molecule has 0 aromatic heterocycles. The van der Waals surface area contributed by atoms with Crippen molar-refractivity contribution in [3.8, 4) is 0 Å². The second-order valence-corrected chi connectivity index (χ2v) is 17.1. The Kier molecular flexibility index (Phi) is 9.65. The molecule has 5 aliphatic rings. The van der Waals surface area contributed by atoms with Gasteiger partial charge < -0.3 is 40.1 Å². The van der Waals surface area contributed by atoms with Crippen molar-refractivity contribution in [2.24, 2.45) is 39.4 Å². The Hall–Kier alpha value is -0.840. The molecule has 258 valence electrons. The SMILES string of the molecule is C=C(CCC(C)C1CCC2(C)C3=C(CCC12C)C1(C)CCC(OC2OC(CO)C(O)C(O)C2O)C(C)(CO)C1CC3)C(C)(C)O. The topological polar surface area (TPSA) is 140 Å². The van der Waals surface area contributed by atoms with Crippen LogP contribution in [0, 0.1) is 39.4 Å². The summed E-state index contributed by atoms with van der Waals surface area (Å²) in [6.45, 7) is 19.3. The third kappa shape index (κ3) is 5.51. The maximum atomic E-state index is 11.0. The van der Waals surface area contributed by atoms with E-state index in [1.54, 1.807) is 11.1 Å². The first-order valence-electron chi connectivity index (χ1n) is 17.6. The van der Waals surface area contributed by atoms with Gasteiger partial charge in [0.05, 0.1) is 24.9 Å². The minimum Gasteiger partial charge on any atom is -0.396 e. The van der Waals surface area contributed by atoms with Crippen molar-refractivity contribution in [2.75, 3.05) is 13.2 Å². The van der Waals surface area contributed by atoms with Gasteiger partial charge in [-0.2, -0.15) is 0 Å². The van der Waals surface area contributed by atoms with E-state index in [0.717, 1.165) is 50.5 Å². The summed E-state index contributed by atoms with van der Waals surface area (Å²) in [6, 6.07) is 0. The van der Waals surface area contributed by atoms with Crippen molar-refractivity contribution in [1.82, 2.24) is 0 Å². The predicted octanol–water partition coefficient (Wildman–Crippen LogP) is 4.64. The van der Waals surface area contributed by atoms with Crippen molar-refractivity contribution in [3.05, 3.63) is 23.3 Å². The first kappa shape index (κ1) is 35.5. The third-order valence-electron chi connectivity index (χ3n) is 14.5. The summed E-state index contributed by atoms with van der Waals surface area (Å²) in [5, 5.41) is 62.4. The van der Waals surface area contributed by atoms with E-state index in [4.69, 9.17) is 9.47 Å². The van der Waals surface area contributed by atoms with Gasteiger partial charge in [-0.1, -0.05) is 52.3 Å². The third-order valence-corrected chi connectivity index (χ3v) is 14.5. The van der Waals surface area contributed by atoms with Crippen molar-refractivity contribution >= 4 is 0 Å². The van der Waals surface area contributed by atoms with Crippen LogP contribution in [0.3, 0.4) is 0 Å². The highest BCUT2D eigenvalue weighted by molar-refractivity contribution is 5.39. The predicted molar refractivity (Wildman–Crippen MR) is 173 cm³/mol. The Morgan fingerprint density at radius 1 is 0.956 bits per heavy atom. The van der Waals surface area contributed by atoms with Crippen molar-refractivity contribution in [1.29, 1.82) is 0 Å². The van der Waals surface area contributed by atoms with Crippen LogP contribution in [-0.2, 0) is 9.47 Å². The fraction of sp³-hybridized carbons (Fsp3) is 0.892. The number of ether oxygens (including phenoxy) is 2. The minimum absolute atomic E-state index is 0.0670. The maximum Gasteiger partial charge on any atom is 0.186 e. The second kappa shape index (κ2) is 12.2. The Balaban J connectivity index is 1.37. The van der Waals surface area contributed by atoms with E-state index in [9.17, 15) is 30.6 Å². The Morgan fingerprint density at radius 2 is 1.64 bits per heavy atom. The highest BCUT2D eigenvalue weighted by Crippen LogP contribution is 2.72. The lowest BCUT2D eigenvalue weighted by molar-refractivity contribution is -0.328. The van der Waals surface area contributed by atoms with E-state index in [1.807, 2.05) is 13.8 Å². The van der Waals surface area contributed by atoms with Gasteiger partial charge in [0, 0.05) is 5.41 Å². The van der Waals surface area contributed by atoms with E-state index < -0.39 is 54.4 Å². The summed E-state index contributed by atoms with van der Waals surface area (Å²) in [5.41, 5.74) is 3.04. The summed E-state index contributed by atoms with van der Waals surface area (Å²) in [7, 11) is 0. The average molecular weight is 635 g/mol. The highest BCUT2D eigenvalue weighted by Gasteiger charge is 2.64. The molecule has 0 radical (unpaired) electrons. The van der Waals surface area contributed by atoms with Crippen LogP contribution in [0.5, 0.6) is 0 Å². The fourth-order valence-corrected chi connectivity index (χ4v) is 11.1. The molecular weight excluding hydrogens is 572 g/mol. The van der Waals surface area contributed by atoms with Gasteiger partial charge in [0.1, 0.15) is 24.4 Å². The summed E-state index contributed by atoms with van der Waals surface area (Å²) in [5.74, 6) is 1.36. The van der Waals surface area contributed by atoms with Gasteiger partial charge in [0.2, 0.25) is 0 Å². The summed E-state index contributed by atoms with van der Waals surface area (Å²) in [4.78, 5) is 0. The molecule has 13 atom stereocenters. The van der Waals surface area contributed by atoms with Gasteiger partial charge in [-0.05, 0) is 118 Å². The van der Waals surface area contributed by atoms with Crippen LogP contribution in [0.2, 0.25) is 0 Å². The molecule has 0 aromatic carbocycles. The van der Waals surface area contributed by atoms with Crippen LogP contribution in [0.4, 0.5) is 0 Å². The van der Waals surface area contributed by atoms with Crippen molar-refractivity contribution in [3.63, 3.8) is 0 Å². The molecule has 5 rings (SSSR count). The van der Waals surface area contributed by atoms with Gasteiger partial charge in [0.25, 0.3) is 0 Å². The van der Waals surface area contributed by atoms with Crippen molar-refractivity contribution in [2.45, 2.75) is 155 Å². The molecule has 8 nitrogen and oxygen atoms in total. The first-order chi connectivity index (χ1) is 20.9. The fourth-order valence-electron chi connectivity index (χ4n) is 11.1. The number of rotatable bonds is 9. The van der Waals surface area contributed by atoms with Gasteiger partial charge in [-0.25, -0.2) is 0 Å². The summed E-state index contributed by atoms with van der Waals surface area (Å²) in [6.07, 6.45) is 3.09. The van der Waals surface area contributed by atoms with Crippen LogP contribution in [0.1, 0.15) is 113 Å². The van der Waals surface area contributed by atoms with E-state index in [-0.39, 0.29) is 28.8 Å². The van der Waals surface area contributed by atoms with Gasteiger partial charge in [-0.15, -0.1) is 0 Å². The Morgan fingerprint density at radius 3 is 2.27 bits per heavy atom. The lowest BCUT2D eigenvalue weighted by Crippen LogP contribution is -2.62. The number of aliphatic hydroxyl groups excluding tert-OH is 5. The quantitative estimate of drug-likeness (QED) is 0.202. The zero-order valence-corrected chi connectivity index (χ0v) is 28.9. The average Bonchev–Trinajstić information content (AvgIpc) is 3.27. The molecule has 0 aromatic rings. The van der Waals surface area contributed by atoms with E-state index >= 15 is 0 Å². The molecule has 1 heterocycles. The van der Waals surface area contributed by atoms with Crippen LogP contribution >= 0.6 is 0 Å². The second-order valence-electron chi connectivity index (χ2n) is 17.1. The zero-order chi connectivity index (χ0) is 33.3.